The quantitative estimate of drug-likeness (QED) is 0.640. The minimum Gasteiger partial charge on any atom is -0.478 e. The Morgan fingerprint density at radius 1 is 0.963 bits per heavy atom. The van der Waals surface area contributed by atoms with E-state index < -0.39 is 0 Å². The first-order valence-corrected chi connectivity index (χ1v) is 9.39. The van der Waals surface area contributed by atoms with Crippen molar-refractivity contribution in [2.24, 2.45) is 0 Å². The average molecular weight is 365 g/mol. The van der Waals surface area contributed by atoms with Crippen molar-refractivity contribution >= 4 is 11.0 Å². The lowest BCUT2D eigenvalue weighted by atomic mass is 9.90. The highest BCUT2D eigenvalue weighted by molar-refractivity contribution is 5.86. The summed E-state index contributed by atoms with van der Waals surface area (Å²) in [5, 5.41) is 1.04. The summed E-state index contributed by atoms with van der Waals surface area (Å²) in [5.41, 5.74) is 4.37. The summed E-state index contributed by atoms with van der Waals surface area (Å²) in [6.45, 7) is 1.72. The summed E-state index contributed by atoms with van der Waals surface area (Å²) in [5.74, 6) is 0.535. The van der Waals surface area contributed by atoms with Crippen LogP contribution in [-0.2, 0) is 25.9 Å². The average Bonchev–Trinajstić information content (AvgIpc) is 2.70. The van der Waals surface area contributed by atoms with Crippen LogP contribution in [0.5, 0.6) is 5.75 Å². The highest BCUT2D eigenvalue weighted by Crippen LogP contribution is 2.35. The van der Waals surface area contributed by atoms with Gasteiger partial charge in [0.1, 0.15) is 23.9 Å². The van der Waals surface area contributed by atoms with E-state index in [-0.39, 0.29) is 11.4 Å². The molecular weight excluding hydrogens is 345 g/mol. The molecule has 0 radical (unpaired) electrons. The zero-order valence-corrected chi connectivity index (χ0v) is 15.0. The third-order valence-electron chi connectivity index (χ3n) is 5.56. The first kappa shape index (κ1) is 16.5. The fraction of sp³-hybridized carbons (Fsp3) is 0.318. The zero-order chi connectivity index (χ0) is 18.4. The molecule has 0 amide bonds. The van der Waals surface area contributed by atoms with Gasteiger partial charge < -0.3 is 9.15 Å². The SMILES string of the molecule is O=c1oc2c3c(ccc2c2c1CCCC2)OCN(Cc1ccc(F)cc1)C3. The number of halogens is 1. The molecule has 5 rings (SSSR count). The maximum Gasteiger partial charge on any atom is 0.339 e. The van der Waals surface area contributed by atoms with Crippen molar-refractivity contribution in [2.45, 2.75) is 38.8 Å². The Bertz CT molecular complexity index is 1070. The first-order valence-electron chi connectivity index (χ1n) is 9.39. The second-order valence-electron chi connectivity index (χ2n) is 7.36. The van der Waals surface area contributed by atoms with Crippen LogP contribution in [0.4, 0.5) is 4.39 Å². The fourth-order valence-corrected chi connectivity index (χ4v) is 4.21. The Balaban J connectivity index is 1.54. The van der Waals surface area contributed by atoms with Gasteiger partial charge in [-0.2, -0.15) is 0 Å². The van der Waals surface area contributed by atoms with E-state index in [9.17, 15) is 9.18 Å². The smallest absolute Gasteiger partial charge is 0.339 e. The molecule has 3 aromatic rings. The standard InChI is InChI=1S/C22H20FNO3/c23-15-7-5-14(6-8-15)11-24-12-19-20(26-13-24)10-9-17-16-3-1-2-4-18(16)22(25)27-21(17)19/h5-10H,1-4,11-13H2. The van der Waals surface area contributed by atoms with Gasteiger partial charge in [0.2, 0.25) is 0 Å². The molecular formula is C22H20FNO3. The third-order valence-corrected chi connectivity index (χ3v) is 5.56. The molecule has 4 nitrogen and oxygen atoms in total. The Morgan fingerprint density at radius 3 is 2.56 bits per heavy atom. The van der Waals surface area contributed by atoms with Crippen LogP contribution in [0.3, 0.4) is 0 Å². The van der Waals surface area contributed by atoms with E-state index >= 15 is 0 Å². The van der Waals surface area contributed by atoms with Crippen LogP contribution < -0.4 is 10.4 Å². The van der Waals surface area contributed by atoms with Crippen LogP contribution >= 0.6 is 0 Å². The van der Waals surface area contributed by atoms with E-state index in [1.54, 1.807) is 12.1 Å². The van der Waals surface area contributed by atoms with E-state index in [1.165, 1.54) is 12.1 Å². The Hall–Kier alpha value is -2.66. The van der Waals surface area contributed by atoms with Gasteiger partial charge in [-0.25, -0.2) is 9.18 Å². The molecule has 2 heterocycles. The minimum atomic E-state index is -0.239. The molecule has 0 unspecified atom stereocenters. The molecule has 5 heteroatoms. The molecule has 0 saturated carbocycles. The van der Waals surface area contributed by atoms with Gasteiger partial charge in [0.15, 0.2) is 0 Å². The zero-order valence-electron chi connectivity index (χ0n) is 15.0. The summed E-state index contributed by atoms with van der Waals surface area (Å²) < 4.78 is 24.8. The molecule has 1 aliphatic carbocycles. The van der Waals surface area contributed by atoms with Gasteiger partial charge in [0, 0.05) is 24.0 Å². The molecule has 1 aromatic heterocycles. The molecule has 0 fully saturated rings. The van der Waals surface area contributed by atoms with E-state index in [0.717, 1.165) is 59.1 Å². The second kappa shape index (κ2) is 6.50. The number of hydrogen-bond donors (Lipinski definition) is 0. The topological polar surface area (TPSA) is 42.7 Å². The fourth-order valence-electron chi connectivity index (χ4n) is 4.21. The summed E-state index contributed by atoms with van der Waals surface area (Å²) in [6, 6.07) is 10.5. The van der Waals surface area contributed by atoms with Crippen molar-refractivity contribution in [2.75, 3.05) is 6.73 Å². The molecule has 0 spiro atoms. The molecule has 2 aromatic carbocycles. The molecule has 2 aliphatic rings. The van der Waals surface area contributed by atoms with Crippen molar-refractivity contribution in [1.29, 1.82) is 0 Å². The van der Waals surface area contributed by atoms with Gasteiger partial charge in [0.25, 0.3) is 0 Å². The first-order chi connectivity index (χ1) is 13.2. The van der Waals surface area contributed by atoms with Crippen LogP contribution in [0.15, 0.2) is 45.6 Å². The molecule has 1 aliphatic heterocycles. The molecule has 0 saturated heterocycles. The van der Waals surface area contributed by atoms with Crippen molar-refractivity contribution in [3.05, 3.63) is 74.9 Å². The molecule has 0 bridgehead atoms. The van der Waals surface area contributed by atoms with E-state index in [2.05, 4.69) is 4.90 Å². The maximum absolute atomic E-state index is 13.1. The number of rotatable bonds is 2. The summed E-state index contributed by atoms with van der Waals surface area (Å²) in [7, 11) is 0. The third kappa shape index (κ3) is 2.92. The molecule has 138 valence electrons. The number of nitrogens with zero attached hydrogens (tertiary/aromatic N) is 1. The number of aryl methyl sites for hydroxylation is 1. The van der Waals surface area contributed by atoms with Gasteiger partial charge in [-0.05, 0) is 61.1 Å². The largest absolute Gasteiger partial charge is 0.478 e. The Morgan fingerprint density at radius 2 is 1.74 bits per heavy atom. The van der Waals surface area contributed by atoms with Crippen LogP contribution in [0.1, 0.15) is 35.1 Å². The summed E-state index contributed by atoms with van der Waals surface area (Å²) >= 11 is 0. The number of benzene rings is 2. The predicted octanol–water partition coefficient (Wildman–Crippen LogP) is 4.16. The van der Waals surface area contributed by atoms with Crippen molar-refractivity contribution < 1.29 is 13.5 Å². The van der Waals surface area contributed by atoms with E-state index in [0.29, 0.717) is 25.4 Å². The van der Waals surface area contributed by atoms with Gasteiger partial charge in [-0.15, -0.1) is 0 Å². The monoisotopic (exact) mass is 365 g/mol. The highest BCUT2D eigenvalue weighted by atomic mass is 19.1. The van der Waals surface area contributed by atoms with Crippen LogP contribution in [0.2, 0.25) is 0 Å². The van der Waals surface area contributed by atoms with Gasteiger partial charge in [0.05, 0.1) is 5.56 Å². The van der Waals surface area contributed by atoms with Crippen LogP contribution in [-0.4, -0.2) is 11.6 Å². The van der Waals surface area contributed by atoms with Gasteiger partial charge in [-0.1, -0.05) is 12.1 Å². The molecule has 0 atom stereocenters. The Labute approximate surface area is 156 Å². The predicted molar refractivity (Wildman–Crippen MR) is 100 cm³/mol. The summed E-state index contributed by atoms with van der Waals surface area (Å²) in [4.78, 5) is 14.6. The van der Waals surface area contributed by atoms with Gasteiger partial charge >= 0.3 is 5.63 Å². The Kier molecular flexibility index (Phi) is 3.97. The lowest BCUT2D eigenvalue weighted by molar-refractivity contribution is 0.0889. The lowest BCUT2D eigenvalue weighted by Gasteiger charge is -2.29. The van der Waals surface area contributed by atoms with Gasteiger partial charge in [-0.3, -0.25) is 4.90 Å². The van der Waals surface area contributed by atoms with E-state index in [1.807, 2.05) is 12.1 Å². The highest BCUT2D eigenvalue weighted by Gasteiger charge is 2.25. The summed E-state index contributed by atoms with van der Waals surface area (Å²) in [6.07, 6.45) is 3.88. The molecule has 27 heavy (non-hydrogen) atoms. The number of hydrogen-bond acceptors (Lipinski definition) is 4. The number of fused-ring (bicyclic) bond motifs is 5. The number of ether oxygens (including phenoxy) is 1. The minimum absolute atomic E-state index is 0.207. The molecule has 0 N–H and O–H groups in total. The van der Waals surface area contributed by atoms with Crippen molar-refractivity contribution in [3.8, 4) is 5.75 Å². The lowest BCUT2D eigenvalue weighted by Crippen LogP contribution is -2.31. The van der Waals surface area contributed by atoms with Crippen LogP contribution in [0, 0.1) is 5.82 Å². The second-order valence-corrected chi connectivity index (χ2v) is 7.36. The van der Waals surface area contributed by atoms with Crippen molar-refractivity contribution in [1.82, 2.24) is 4.90 Å². The van der Waals surface area contributed by atoms with E-state index in [4.69, 9.17) is 9.15 Å². The van der Waals surface area contributed by atoms with Crippen molar-refractivity contribution in [3.63, 3.8) is 0 Å². The normalized spacial score (nSPS) is 16.6. The van der Waals surface area contributed by atoms with Crippen LogP contribution in [0.25, 0.3) is 11.0 Å². The maximum atomic E-state index is 13.1.